The summed E-state index contributed by atoms with van der Waals surface area (Å²) in [5.41, 5.74) is 26.2. The highest BCUT2D eigenvalue weighted by Crippen LogP contribution is 2.42. The standard InChI is InChI=1S/C28H23FN4.C24H22N4O/c29-23-13-9-19(10-14-23)24-15-18-31-33-26(21-5-2-1-3-6-21)25(32-27(24)33)20-7-11-22(12-8-20)28(30)16-4-17-28;1-16(29)20-12-13-21-26-22(23(28(21)27-20)18-6-3-2-4-7-18)17-8-10-19(11-9-17)24(25)14-5-15-24/h1-3,5-15,18H,4,16-17,30H2;2-4,6-13H,5,14-15,25H2,1H3. The van der Waals surface area contributed by atoms with Crippen LogP contribution in [0.15, 0.2) is 158 Å². The van der Waals surface area contributed by atoms with Crippen molar-refractivity contribution in [3.8, 4) is 56.2 Å². The van der Waals surface area contributed by atoms with Gasteiger partial charge in [0.2, 0.25) is 0 Å². The van der Waals surface area contributed by atoms with Crippen LogP contribution in [0.2, 0.25) is 0 Å². The van der Waals surface area contributed by atoms with Gasteiger partial charge in [-0.15, -0.1) is 0 Å². The molecule has 10 heteroatoms. The maximum Gasteiger partial charge on any atom is 0.179 e. The van der Waals surface area contributed by atoms with Gasteiger partial charge in [-0.05, 0) is 85.5 Å². The number of benzene rings is 5. The van der Waals surface area contributed by atoms with Crippen molar-refractivity contribution in [1.82, 2.24) is 29.2 Å². The molecule has 4 aromatic heterocycles. The molecular weight excluding hydrogens is 772 g/mol. The summed E-state index contributed by atoms with van der Waals surface area (Å²) in [6, 6.07) is 49.0. The minimum absolute atomic E-state index is 0.0701. The van der Waals surface area contributed by atoms with E-state index in [-0.39, 0.29) is 22.7 Å². The van der Waals surface area contributed by atoms with Crippen LogP contribution in [0.3, 0.4) is 0 Å². The van der Waals surface area contributed by atoms with Crippen LogP contribution in [0, 0.1) is 5.82 Å². The van der Waals surface area contributed by atoms with Crippen molar-refractivity contribution in [3.63, 3.8) is 0 Å². The number of hydrogen-bond acceptors (Lipinski definition) is 7. The van der Waals surface area contributed by atoms with Crippen LogP contribution < -0.4 is 11.5 Å². The van der Waals surface area contributed by atoms with Crippen molar-refractivity contribution in [2.24, 2.45) is 11.5 Å². The number of carbonyl (C=O) groups excluding carboxylic acids is 1. The number of imidazole rings is 2. The van der Waals surface area contributed by atoms with Gasteiger partial charge in [-0.1, -0.05) is 121 Å². The smallest absolute Gasteiger partial charge is 0.179 e. The molecule has 5 aromatic carbocycles. The predicted molar refractivity (Wildman–Crippen MR) is 243 cm³/mol. The van der Waals surface area contributed by atoms with Gasteiger partial charge in [0.15, 0.2) is 17.1 Å². The van der Waals surface area contributed by atoms with E-state index in [4.69, 9.17) is 21.4 Å². The summed E-state index contributed by atoms with van der Waals surface area (Å²) in [6.07, 6.45) is 8.26. The maximum atomic E-state index is 13.5. The van der Waals surface area contributed by atoms with Gasteiger partial charge in [-0.2, -0.15) is 10.2 Å². The Morgan fingerprint density at radius 2 is 1.06 bits per heavy atom. The van der Waals surface area contributed by atoms with E-state index in [9.17, 15) is 9.18 Å². The summed E-state index contributed by atoms with van der Waals surface area (Å²) >= 11 is 0. The highest BCUT2D eigenvalue weighted by Gasteiger charge is 2.35. The number of carbonyl (C=O) groups is 1. The fraction of sp³-hybridized carbons (Fsp3) is 0.173. The summed E-state index contributed by atoms with van der Waals surface area (Å²) in [4.78, 5) is 21.8. The minimum atomic E-state index is -0.262. The van der Waals surface area contributed by atoms with Gasteiger partial charge in [-0.25, -0.2) is 23.4 Å². The van der Waals surface area contributed by atoms with E-state index in [1.54, 1.807) is 28.9 Å². The number of aromatic nitrogens is 6. The second-order valence-electron chi connectivity index (χ2n) is 16.6. The first kappa shape index (κ1) is 39.0. The topological polar surface area (TPSA) is 129 Å². The average Bonchev–Trinajstić information content (AvgIpc) is 3.88. The van der Waals surface area contributed by atoms with Crippen LogP contribution in [0.5, 0.6) is 0 Å². The Hall–Kier alpha value is -7.14. The zero-order valence-electron chi connectivity index (χ0n) is 34.4. The third-order valence-corrected chi connectivity index (χ3v) is 12.6. The Bertz CT molecular complexity index is 3060. The Kier molecular flexibility index (Phi) is 9.89. The molecule has 0 spiro atoms. The lowest BCUT2D eigenvalue weighted by atomic mass is 9.72. The Balaban J connectivity index is 0.000000149. The molecule has 4 N–H and O–H groups in total. The van der Waals surface area contributed by atoms with Gasteiger partial charge in [0.05, 0.1) is 11.4 Å². The number of fused-ring (bicyclic) bond motifs is 2. The van der Waals surface area contributed by atoms with Crippen LogP contribution in [-0.4, -0.2) is 35.0 Å². The van der Waals surface area contributed by atoms with Gasteiger partial charge in [-0.3, -0.25) is 4.79 Å². The highest BCUT2D eigenvalue weighted by atomic mass is 19.1. The van der Waals surface area contributed by atoms with Crippen molar-refractivity contribution in [1.29, 1.82) is 0 Å². The summed E-state index contributed by atoms with van der Waals surface area (Å²) in [5, 5.41) is 9.21. The van der Waals surface area contributed by atoms with Crippen LogP contribution in [0.25, 0.3) is 67.5 Å². The van der Waals surface area contributed by atoms with Gasteiger partial charge < -0.3 is 11.5 Å². The fourth-order valence-electron chi connectivity index (χ4n) is 8.65. The molecule has 9 nitrogen and oxygen atoms in total. The molecule has 4 heterocycles. The number of ketones is 1. The number of nitrogens with zero attached hydrogens (tertiary/aromatic N) is 6. The molecule has 0 aliphatic heterocycles. The molecule has 0 amide bonds. The van der Waals surface area contributed by atoms with Gasteiger partial charge in [0.1, 0.15) is 22.9 Å². The number of hydrogen-bond donors (Lipinski definition) is 2. The molecule has 0 saturated heterocycles. The zero-order chi connectivity index (χ0) is 42.4. The summed E-state index contributed by atoms with van der Waals surface area (Å²) in [5.74, 6) is -0.332. The van der Waals surface area contributed by atoms with E-state index in [0.29, 0.717) is 11.3 Å². The molecule has 2 saturated carbocycles. The molecule has 306 valence electrons. The number of halogens is 1. The van der Waals surface area contributed by atoms with Crippen LogP contribution >= 0.6 is 0 Å². The van der Waals surface area contributed by atoms with Gasteiger partial charge in [0, 0.05) is 52.0 Å². The first-order valence-electron chi connectivity index (χ1n) is 21.1. The Labute approximate surface area is 358 Å². The normalized spacial score (nSPS) is 15.0. The Morgan fingerprint density at radius 1 is 0.565 bits per heavy atom. The summed E-state index contributed by atoms with van der Waals surface area (Å²) in [6.45, 7) is 1.52. The molecule has 0 unspecified atom stereocenters. The first-order chi connectivity index (χ1) is 30.2. The lowest BCUT2D eigenvalue weighted by molar-refractivity contribution is 0.101. The van der Waals surface area contributed by atoms with E-state index in [2.05, 4.69) is 70.9 Å². The van der Waals surface area contributed by atoms with Crippen molar-refractivity contribution >= 4 is 17.1 Å². The second-order valence-corrected chi connectivity index (χ2v) is 16.6. The van der Waals surface area contributed by atoms with Crippen molar-refractivity contribution in [2.45, 2.75) is 56.5 Å². The largest absolute Gasteiger partial charge is 0.321 e. The molecule has 2 aliphatic rings. The van der Waals surface area contributed by atoms with Crippen molar-refractivity contribution < 1.29 is 9.18 Å². The molecule has 0 radical (unpaired) electrons. The van der Waals surface area contributed by atoms with E-state index in [1.165, 1.54) is 43.0 Å². The molecule has 0 bridgehead atoms. The first-order valence-corrected chi connectivity index (χ1v) is 21.1. The van der Waals surface area contributed by atoms with E-state index < -0.39 is 0 Å². The maximum absolute atomic E-state index is 13.5. The zero-order valence-corrected chi connectivity index (χ0v) is 34.4. The predicted octanol–water partition coefficient (Wildman–Crippen LogP) is 10.8. The van der Waals surface area contributed by atoms with Crippen molar-refractivity contribution in [2.75, 3.05) is 0 Å². The third-order valence-electron chi connectivity index (χ3n) is 12.6. The molecule has 2 fully saturated rings. The fourth-order valence-corrected chi connectivity index (χ4v) is 8.65. The molecule has 2 aliphatic carbocycles. The highest BCUT2D eigenvalue weighted by molar-refractivity contribution is 5.92. The summed E-state index contributed by atoms with van der Waals surface area (Å²) < 4.78 is 17.2. The quantitative estimate of drug-likeness (QED) is 0.146. The average molecular weight is 817 g/mol. The molecule has 0 atom stereocenters. The lowest BCUT2D eigenvalue weighted by Crippen LogP contribution is -2.43. The Morgan fingerprint density at radius 3 is 1.56 bits per heavy atom. The minimum Gasteiger partial charge on any atom is -0.321 e. The second kappa shape index (κ2) is 15.7. The summed E-state index contributed by atoms with van der Waals surface area (Å²) in [7, 11) is 0. The third kappa shape index (κ3) is 7.06. The van der Waals surface area contributed by atoms with Crippen LogP contribution in [-0.2, 0) is 11.1 Å². The number of nitrogens with two attached hydrogens (primary N) is 2. The molecular formula is C52H45FN8O. The molecule has 9 aromatic rings. The van der Waals surface area contributed by atoms with E-state index >= 15 is 0 Å². The van der Waals surface area contributed by atoms with Crippen molar-refractivity contribution in [3.05, 3.63) is 180 Å². The van der Waals surface area contributed by atoms with Gasteiger partial charge in [0.25, 0.3) is 0 Å². The van der Waals surface area contributed by atoms with E-state index in [0.717, 1.165) is 87.5 Å². The number of rotatable bonds is 8. The monoisotopic (exact) mass is 816 g/mol. The van der Waals surface area contributed by atoms with Gasteiger partial charge >= 0.3 is 0 Å². The van der Waals surface area contributed by atoms with Crippen LogP contribution in [0.4, 0.5) is 4.39 Å². The SMILES string of the molecule is CC(=O)c1ccc2nc(-c3ccc(C4(N)CCC4)cc3)c(-c3ccccc3)n2n1.NC1(c2ccc(-c3nc4c(-c5ccc(F)cc5)ccnn4c3-c3ccccc3)cc2)CCC1. The van der Waals surface area contributed by atoms with Crippen LogP contribution in [0.1, 0.15) is 67.1 Å². The molecule has 11 rings (SSSR count). The molecule has 62 heavy (non-hydrogen) atoms. The number of Topliss-reactive ketones (excluding diaryl/α,β-unsaturated/α-hetero) is 1. The van der Waals surface area contributed by atoms with E-state index in [1.807, 2.05) is 65.2 Å². The lowest BCUT2D eigenvalue weighted by Gasteiger charge is -2.38.